The van der Waals surface area contributed by atoms with E-state index >= 15 is 0 Å². The molecule has 2 aliphatic carbocycles. The van der Waals surface area contributed by atoms with E-state index in [2.05, 4.69) is 25.3 Å². The molecule has 29 heavy (non-hydrogen) atoms. The highest BCUT2D eigenvalue weighted by Gasteiger charge is 2.73. The minimum absolute atomic E-state index is 0.0416. The molecule has 2 heterocycles. The first kappa shape index (κ1) is 19.4. The van der Waals surface area contributed by atoms with Gasteiger partial charge in [-0.05, 0) is 56.2 Å². The highest BCUT2D eigenvalue weighted by molar-refractivity contribution is 5.62. The Hall–Kier alpha value is -1.56. The van der Waals surface area contributed by atoms with Crippen LogP contribution in [0.2, 0.25) is 0 Å². The maximum atomic E-state index is 12.2. The molecule has 2 fully saturated rings. The van der Waals surface area contributed by atoms with Gasteiger partial charge in [0.2, 0.25) is 0 Å². The maximum absolute atomic E-state index is 12.2. The zero-order valence-corrected chi connectivity index (χ0v) is 17.6. The molecule has 5 heteroatoms. The zero-order chi connectivity index (χ0) is 20.4. The quantitative estimate of drug-likeness (QED) is 0.720. The van der Waals surface area contributed by atoms with Crippen molar-refractivity contribution in [1.29, 1.82) is 0 Å². The first-order chi connectivity index (χ1) is 13.9. The third kappa shape index (κ3) is 2.50. The Morgan fingerprint density at radius 2 is 2.21 bits per heavy atom. The van der Waals surface area contributed by atoms with Crippen molar-refractivity contribution in [2.75, 3.05) is 19.7 Å². The fourth-order valence-corrected chi connectivity index (χ4v) is 6.60. The molecule has 4 aliphatic rings. The summed E-state index contributed by atoms with van der Waals surface area (Å²) >= 11 is 0. The summed E-state index contributed by atoms with van der Waals surface area (Å²) in [6.07, 6.45) is 5.72. The highest BCUT2D eigenvalue weighted by Crippen LogP contribution is 2.65. The van der Waals surface area contributed by atoms with Gasteiger partial charge in [0.15, 0.2) is 11.5 Å². The molecule has 0 amide bonds. The van der Waals surface area contributed by atoms with Crippen LogP contribution in [0.15, 0.2) is 24.8 Å². The number of rotatable bonds is 6. The predicted molar refractivity (Wildman–Crippen MR) is 111 cm³/mol. The van der Waals surface area contributed by atoms with E-state index in [1.807, 2.05) is 12.1 Å². The van der Waals surface area contributed by atoms with Crippen molar-refractivity contribution in [2.45, 2.75) is 75.2 Å². The standard InChI is InChI=1S/C24H33NO4/c1-4-11-25-12-10-23-20-16-5-6-17(26)21(20)29-22(23)18(28-13-8-15(2)3)7-9-24(23,27)19(25)14-16/h4-6,15,18-19,22,26-27H,1,7-14H2,2-3H3/t18?,19?,22?,23-,24+/m0/s1. The van der Waals surface area contributed by atoms with E-state index in [1.54, 1.807) is 6.07 Å². The average Bonchev–Trinajstić information content (AvgIpc) is 3.03. The Kier molecular flexibility index (Phi) is 4.50. The summed E-state index contributed by atoms with van der Waals surface area (Å²) < 4.78 is 12.8. The van der Waals surface area contributed by atoms with Gasteiger partial charge in [0, 0.05) is 24.8 Å². The molecule has 1 saturated carbocycles. The number of phenolic OH excluding ortho intramolecular Hbond substituents is 1. The number of phenols is 1. The van der Waals surface area contributed by atoms with Gasteiger partial charge in [0.05, 0.1) is 17.1 Å². The minimum Gasteiger partial charge on any atom is -0.504 e. The second kappa shape index (κ2) is 6.73. The van der Waals surface area contributed by atoms with Crippen molar-refractivity contribution in [3.8, 4) is 11.5 Å². The molecular formula is C24H33NO4. The molecule has 1 aromatic carbocycles. The third-order valence-corrected chi connectivity index (χ3v) is 7.91. The van der Waals surface area contributed by atoms with Crippen molar-refractivity contribution in [3.63, 3.8) is 0 Å². The monoisotopic (exact) mass is 399 g/mol. The topological polar surface area (TPSA) is 62.2 Å². The van der Waals surface area contributed by atoms with E-state index in [1.165, 1.54) is 5.56 Å². The van der Waals surface area contributed by atoms with Crippen molar-refractivity contribution in [1.82, 2.24) is 4.90 Å². The fourth-order valence-electron chi connectivity index (χ4n) is 6.60. The Labute approximate surface area is 173 Å². The summed E-state index contributed by atoms with van der Waals surface area (Å²) in [6, 6.07) is 3.81. The van der Waals surface area contributed by atoms with E-state index in [0.717, 1.165) is 44.3 Å². The van der Waals surface area contributed by atoms with Crippen LogP contribution < -0.4 is 4.74 Å². The van der Waals surface area contributed by atoms with Gasteiger partial charge in [-0.2, -0.15) is 0 Å². The van der Waals surface area contributed by atoms with Crippen molar-refractivity contribution >= 4 is 0 Å². The van der Waals surface area contributed by atoms with Crippen LogP contribution in [0.25, 0.3) is 0 Å². The second-order valence-electron chi connectivity index (χ2n) is 9.77. The van der Waals surface area contributed by atoms with Crippen molar-refractivity contribution in [3.05, 3.63) is 35.9 Å². The average molecular weight is 400 g/mol. The summed E-state index contributed by atoms with van der Waals surface area (Å²) in [5.74, 6) is 1.36. The molecule has 1 saturated heterocycles. The van der Waals surface area contributed by atoms with E-state index in [4.69, 9.17) is 9.47 Å². The van der Waals surface area contributed by atoms with Gasteiger partial charge in [-0.1, -0.05) is 26.0 Å². The first-order valence-electron chi connectivity index (χ1n) is 11.1. The summed E-state index contributed by atoms with van der Waals surface area (Å²) in [7, 11) is 0. The zero-order valence-electron chi connectivity index (χ0n) is 17.6. The highest BCUT2D eigenvalue weighted by atomic mass is 16.6. The third-order valence-electron chi connectivity index (χ3n) is 7.91. The second-order valence-corrected chi connectivity index (χ2v) is 9.77. The smallest absolute Gasteiger partial charge is 0.165 e. The van der Waals surface area contributed by atoms with Crippen LogP contribution in [-0.4, -0.2) is 58.7 Å². The van der Waals surface area contributed by atoms with Gasteiger partial charge in [-0.25, -0.2) is 0 Å². The van der Waals surface area contributed by atoms with Gasteiger partial charge in [-0.15, -0.1) is 6.58 Å². The van der Waals surface area contributed by atoms with E-state index < -0.39 is 11.0 Å². The number of ether oxygens (including phenoxy) is 2. The lowest BCUT2D eigenvalue weighted by molar-refractivity contribution is -0.214. The molecule has 5 atom stereocenters. The Bertz CT molecular complexity index is 823. The van der Waals surface area contributed by atoms with Crippen molar-refractivity contribution in [2.24, 2.45) is 5.92 Å². The largest absolute Gasteiger partial charge is 0.504 e. The molecule has 2 N–H and O–H groups in total. The molecule has 5 nitrogen and oxygen atoms in total. The lowest BCUT2D eigenvalue weighted by atomic mass is 9.48. The van der Waals surface area contributed by atoms with Crippen LogP contribution in [0.5, 0.6) is 11.5 Å². The Morgan fingerprint density at radius 1 is 1.38 bits per heavy atom. The first-order valence-corrected chi connectivity index (χ1v) is 11.1. The number of benzene rings is 1. The van der Waals surface area contributed by atoms with Crippen LogP contribution in [0, 0.1) is 5.92 Å². The number of aliphatic hydroxyl groups is 1. The summed E-state index contributed by atoms with van der Waals surface area (Å²) in [4.78, 5) is 2.38. The number of piperidine rings is 1. The van der Waals surface area contributed by atoms with E-state index in [9.17, 15) is 10.2 Å². The van der Waals surface area contributed by atoms with Crippen LogP contribution in [0.3, 0.4) is 0 Å². The molecule has 0 radical (unpaired) electrons. The number of nitrogens with zero attached hydrogens (tertiary/aromatic N) is 1. The minimum atomic E-state index is -0.872. The number of hydrogen-bond acceptors (Lipinski definition) is 5. The van der Waals surface area contributed by atoms with E-state index in [-0.39, 0.29) is 24.0 Å². The number of likely N-dealkylation sites (tertiary alicyclic amines) is 1. The Balaban J connectivity index is 1.59. The normalized spacial score (nSPS) is 37.3. The van der Waals surface area contributed by atoms with Crippen LogP contribution in [0.1, 0.15) is 50.7 Å². The van der Waals surface area contributed by atoms with Gasteiger partial charge in [-0.3, -0.25) is 4.90 Å². The van der Waals surface area contributed by atoms with E-state index in [0.29, 0.717) is 24.7 Å². The molecule has 158 valence electrons. The molecule has 3 unspecified atom stereocenters. The molecule has 5 rings (SSSR count). The van der Waals surface area contributed by atoms with Gasteiger partial charge < -0.3 is 19.7 Å². The number of hydrogen-bond donors (Lipinski definition) is 2. The SMILES string of the molecule is C=CCN1CC[C@]23c4c5ccc(O)c4OC2C(OCCC(C)C)CC[C@@]3(O)C1C5. The lowest BCUT2D eigenvalue weighted by Gasteiger charge is -2.64. The molecule has 2 bridgehead atoms. The lowest BCUT2D eigenvalue weighted by Crippen LogP contribution is -2.77. The summed E-state index contributed by atoms with van der Waals surface area (Å²) in [5, 5.41) is 22.8. The molecule has 1 aromatic rings. The van der Waals surface area contributed by atoms with Crippen LogP contribution >= 0.6 is 0 Å². The maximum Gasteiger partial charge on any atom is 0.165 e. The predicted octanol–water partition coefficient (Wildman–Crippen LogP) is 3.16. The molecule has 2 aliphatic heterocycles. The van der Waals surface area contributed by atoms with Gasteiger partial charge in [0.25, 0.3) is 0 Å². The fraction of sp³-hybridized carbons (Fsp3) is 0.667. The molecule has 0 aromatic heterocycles. The van der Waals surface area contributed by atoms with Crippen molar-refractivity contribution < 1.29 is 19.7 Å². The van der Waals surface area contributed by atoms with Gasteiger partial charge >= 0.3 is 0 Å². The van der Waals surface area contributed by atoms with Crippen LogP contribution in [-0.2, 0) is 16.6 Å². The molecule has 1 spiro atoms. The Morgan fingerprint density at radius 3 is 2.97 bits per heavy atom. The van der Waals surface area contributed by atoms with Gasteiger partial charge in [0.1, 0.15) is 6.10 Å². The van der Waals surface area contributed by atoms with Crippen LogP contribution in [0.4, 0.5) is 0 Å². The molecular weight excluding hydrogens is 366 g/mol. The summed E-state index contributed by atoms with van der Waals surface area (Å²) in [5.41, 5.74) is 0.879. The number of aromatic hydroxyl groups is 1. The summed E-state index contributed by atoms with van der Waals surface area (Å²) in [6.45, 7) is 10.7.